The summed E-state index contributed by atoms with van der Waals surface area (Å²) in [6.07, 6.45) is 0. The van der Waals surface area contributed by atoms with E-state index in [0.29, 0.717) is 0 Å². The fourth-order valence-electron chi connectivity index (χ4n) is 2.29. The predicted molar refractivity (Wildman–Crippen MR) is 75.1 cm³/mol. The summed E-state index contributed by atoms with van der Waals surface area (Å²) in [6.45, 7) is -0.997. The molecule has 0 saturated heterocycles. The Morgan fingerprint density at radius 1 is 1.10 bits per heavy atom. The summed E-state index contributed by atoms with van der Waals surface area (Å²) in [7, 11) is 1.73. The molecule has 0 aliphatic carbocycles. The molecule has 0 aliphatic rings. The van der Waals surface area contributed by atoms with Crippen LogP contribution in [0.1, 0.15) is 22.7 Å². The van der Waals surface area contributed by atoms with Crippen LogP contribution in [0.3, 0.4) is 0 Å². The lowest BCUT2D eigenvalue weighted by Crippen LogP contribution is -2.19. The van der Waals surface area contributed by atoms with Crippen LogP contribution in [0.15, 0.2) is 42.5 Å². The second kappa shape index (κ2) is 6.63. The second-order valence-corrected chi connectivity index (χ2v) is 4.67. The van der Waals surface area contributed by atoms with E-state index in [-0.39, 0.29) is 17.6 Å². The first-order chi connectivity index (χ1) is 10.0. The minimum Gasteiger partial charge on any atom is -0.435 e. The minimum absolute atomic E-state index is 0.0804. The number of nitrogens with one attached hydrogen (secondary N) is 1. The summed E-state index contributed by atoms with van der Waals surface area (Å²) >= 11 is 0. The van der Waals surface area contributed by atoms with Gasteiger partial charge in [0.15, 0.2) is 0 Å². The van der Waals surface area contributed by atoms with Crippen molar-refractivity contribution in [1.29, 1.82) is 0 Å². The highest BCUT2D eigenvalue weighted by molar-refractivity contribution is 5.40. The molecule has 2 nitrogen and oxygen atoms in total. The normalized spacial score (nSPS) is 12.5. The Bertz CT molecular complexity index is 616. The fourth-order valence-corrected chi connectivity index (χ4v) is 2.29. The van der Waals surface area contributed by atoms with Gasteiger partial charge in [-0.15, -0.1) is 0 Å². The van der Waals surface area contributed by atoms with Crippen molar-refractivity contribution in [2.24, 2.45) is 0 Å². The minimum atomic E-state index is -2.87. The Hall–Kier alpha value is -2.01. The number of ether oxygens (including phenoxy) is 1. The van der Waals surface area contributed by atoms with Gasteiger partial charge in [-0.2, -0.15) is 8.78 Å². The van der Waals surface area contributed by atoms with E-state index in [0.717, 1.165) is 16.7 Å². The molecule has 112 valence electrons. The van der Waals surface area contributed by atoms with Crippen LogP contribution in [0.4, 0.5) is 13.2 Å². The highest BCUT2D eigenvalue weighted by Gasteiger charge is 2.16. The summed E-state index contributed by atoms with van der Waals surface area (Å²) in [5, 5.41) is 3.07. The number of benzene rings is 2. The molecule has 0 heterocycles. The number of hydrogen-bond donors (Lipinski definition) is 1. The molecule has 0 fully saturated rings. The molecular formula is C16H16F3NO. The van der Waals surface area contributed by atoms with E-state index < -0.39 is 6.61 Å². The zero-order valence-electron chi connectivity index (χ0n) is 11.7. The Balaban J connectivity index is 2.39. The molecule has 21 heavy (non-hydrogen) atoms. The van der Waals surface area contributed by atoms with E-state index in [1.807, 2.05) is 6.92 Å². The zero-order valence-corrected chi connectivity index (χ0v) is 11.7. The highest BCUT2D eigenvalue weighted by atomic mass is 19.3. The van der Waals surface area contributed by atoms with Crippen molar-refractivity contribution in [2.75, 3.05) is 7.05 Å². The van der Waals surface area contributed by atoms with Crippen LogP contribution in [0.25, 0.3) is 0 Å². The molecule has 2 aromatic carbocycles. The van der Waals surface area contributed by atoms with Crippen LogP contribution in [0, 0.1) is 12.7 Å². The standard InChI is InChI=1S/C16H16F3NO/c1-10-6-7-12(17)9-14(10)15(20-2)11-4-3-5-13(8-11)21-16(18)19/h3-9,15-16,20H,1-2H3. The maximum Gasteiger partial charge on any atom is 0.387 e. The van der Waals surface area contributed by atoms with Crippen LogP contribution in [0.5, 0.6) is 5.75 Å². The average molecular weight is 295 g/mol. The monoisotopic (exact) mass is 295 g/mol. The molecule has 0 aromatic heterocycles. The maximum absolute atomic E-state index is 13.5. The van der Waals surface area contributed by atoms with Gasteiger partial charge in [0.05, 0.1) is 6.04 Å². The number of halogens is 3. The van der Waals surface area contributed by atoms with E-state index >= 15 is 0 Å². The molecule has 1 N–H and O–H groups in total. The quantitative estimate of drug-likeness (QED) is 0.898. The second-order valence-electron chi connectivity index (χ2n) is 4.67. The van der Waals surface area contributed by atoms with Gasteiger partial charge in [0.1, 0.15) is 11.6 Å². The molecule has 0 spiro atoms. The van der Waals surface area contributed by atoms with Gasteiger partial charge in [0, 0.05) is 0 Å². The summed E-state index contributed by atoms with van der Waals surface area (Å²) in [4.78, 5) is 0. The lowest BCUT2D eigenvalue weighted by atomic mass is 9.95. The van der Waals surface area contributed by atoms with Gasteiger partial charge in [-0.1, -0.05) is 18.2 Å². The Kier molecular flexibility index (Phi) is 4.85. The molecule has 0 amide bonds. The van der Waals surface area contributed by atoms with Crippen LogP contribution < -0.4 is 10.1 Å². The van der Waals surface area contributed by atoms with Crippen molar-refractivity contribution in [3.8, 4) is 5.75 Å². The largest absolute Gasteiger partial charge is 0.435 e. The van der Waals surface area contributed by atoms with Gasteiger partial charge in [-0.3, -0.25) is 0 Å². The first-order valence-electron chi connectivity index (χ1n) is 6.49. The highest BCUT2D eigenvalue weighted by Crippen LogP contribution is 2.28. The average Bonchev–Trinajstić information content (AvgIpc) is 2.43. The predicted octanol–water partition coefficient (Wildman–Crippen LogP) is 4.04. The molecule has 5 heteroatoms. The molecule has 0 radical (unpaired) electrons. The maximum atomic E-state index is 13.5. The molecule has 1 unspecified atom stereocenters. The third-order valence-electron chi connectivity index (χ3n) is 3.26. The van der Waals surface area contributed by atoms with Crippen molar-refractivity contribution >= 4 is 0 Å². The topological polar surface area (TPSA) is 21.3 Å². The summed E-state index contributed by atoms with van der Waals surface area (Å²) in [6, 6.07) is 10.6. The van der Waals surface area contributed by atoms with Crippen LogP contribution in [-0.4, -0.2) is 13.7 Å². The van der Waals surface area contributed by atoms with Gasteiger partial charge >= 0.3 is 6.61 Å². The molecule has 1 atom stereocenters. The van der Waals surface area contributed by atoms with Crippen molar-refractivity contribution < 1.29 is 17.9 Å². The molecule has 2 aromatic rings. The van der Waals surface area contributed by atoms with E-state index in [2.05, 4.69) is 10.1 Å². The number of alkyl halides is 2. The first-order valence-corrected chi connectivity index (χ1v) is 6.49. The van der Waals surface area contributed by atoms with Gasteiger partial charge in [0.25, 0.3) is 0 Å². The molecule has 2 rings (SSSR count). The summed E-state index contributed by atoms with van der Waals surface area (Å²) in [5.74, 6) is -0.257. The lowest BCUT2D eigenvalue weighted by molar-refractivity contribution is -0.0498. The van der Waals surface area contributed by atoms with E-state index in [9.17, 15) is 13.2 Å². The van der Waals surface area contributed by atoms with Crippen LogP contribution >= 0.6 is 0 Å². The molecule has 0 bridgehead atoms. The third-order valence-corrected chi connectivity index (χ3v) is 3.26. The Labute approximate surface area is 121 Å². The molecule has 0 aliphatic heterocycles. The van der Waals surface area contributed by atoms with E-state index in [1.165, 1.54) is 24.3 Å². The number of hydrogen-bond acceptors (Lipinski definition) is 2. The van der Waals surface area contributed by atoms with Crippen LogP contribution in [0.2, 0.25) is 0 Å². The number of aryl methyl sites for hydroxylation is 1. The van der Waals surface area contributed by atoms with Crippen molar-refractivity contribution in [3.63, 3.8) is 0 Å². The summed E-state index contributed by atoms with van der Waals surface area (Å²) in [5.41, 5.74) is 2.40. The third kappa shape index (κ3) is 3.76. The van der Waals surface area contributed by atoms with E-state index in [4.69, 9.17) is 0 Å². The van der Waals surface area contributed by atoms with Gasteiger partial charge in [-0.25, -0.2) is 4.39 Å². The lowest BCUT2D eigenvalue weighted by Gasteiger charge is -2.20. The zero-order chi connectivity index (χ0) is 15.4. The SMILES string of the molecule is CNC(c1cccc(OC(F)F)c1)c1cc(F)ccc1C. The molecule has 0 saturated carbocycles. The van der Waals surface area contributed by atoms with Gasteiger partial charge in [-0.05, 0) is 54.9 Å². The van der Waals surface area contributed by atoms with Crippen LogP contribution in [-0.2, 0) is 0 Å². The van der Waals surface area contributed by atoms with Crippen molar-refractivity contribution in [2.45, 2.75) is 19.6 Å². The summed E-state index contributed by atoms with van der Waals surface area (Å²) < 4.78 is 42.4. The Morgan fingerprint density at radius 3 is 2.52 bits per heavy atom. The van der Waals surface area contributed by atoms with E-state index in [1.54, 1.807) is 25.2 Å². The number of rotatable bonds is 5. The Morgan fingerprint density at radius 2 is 1.86 bits per heavy atom. The van der Waals surface area contributed by atoms with Crippen molar-refractivity contribution in [1.82, 2.24) is 5.32 Å². The van der Waals surface area contributed by atoms with Crippen molar-refractivity contribution in [3.05, 3.63) is 65.0 Å². The molecular weight excluding hydrogens is 279 g/mol. The van der Waals surface area contributed by atoms with Gasteiger partial charge in [0.2, 0.25) is 0 Å². The van der Waals surface area contributed by atoms with Gasteiger partial charge < -0.3 is 10.1 Å². The smallest absolute Gasteiger partial charge is 0.387 e. The first kappa shape index (κ1) is 15.4. The fraction of sp³-hybridized carbons (Fsp3) is 0.250.